The molecule has 0 spiro atoms. The lowest BCUT2D eigenvalue weighted by Gasteiger charge is -2.22. The van der Waals surface area contributed by atoms with Crippen LogP contribution in [0.3, 0.4) is 0 Å². The molecule has 1 saturated heterocycles. The van der Waals surface area contributed by atoms with E-state index < -0.39 is 5.92 Å². The van der Waals surface area contributed by atoms with Crippen molar-refractivity contribution in [3.05, 3.63) is 30.3 Å². The molecule has 124 valence electrons. The molecule has 1 aliphatic heterocycles. The number of ether oxygens (including phenoxy) is 1. The van der Waals surface area contributed by atoms with Crippen LogP contribution in [0.2, 0.25) is 0 Å². The van der Waals surface area contributed by atoms with Crippen LogP contribution in [0.15, 0.2) is 30.3 Å². The predicted octanol–water partition coefficient (Wildman–Crippen LogP) is 3.78. The Balaban J connectivity index is 1.68. The molecule has 2 rings (SSSR count). The van der Waals surface area contributed by atoms with Crippen LogP contribution in [-0.4, -0.2) is 30.5 Å². The van der Waals surface area contributed by atoms with E-state index in [1.54, 1.807) is 0 Å². The number of hydrogen-bond donors (Lipinski definition) is 0. The number of para-hydroxylation sites is 1. The number of nitrogens with zero attached hydrogens (tertiary/aromatic N) is 2. The zero-order valence-electron chi connectivity index (χ0n) is 13.7. The van der Waals surface area contributed by atoms with Gasteiger partial charge in [0.15, 0.2) is 0 Å². The lowest BCUT2D eigenvalue weighted by molar-refractivity contribution is -0.133. The quantitative estimate of drug-likeness (QED) is 0.720. The van der Waals surface area contributed by atoms with E-state index in [1.165, 1.54) is 12.8 Å². The average molecular weight is 314 g/mol. The van der Waals surface area contributed by atoms with Gasteiger partial charge >= 0.3 is 0 Å². The van der Waals surface area contributed by atoms with Gasteiger partial charge in [-0.15, -0.1) is 0 Å². The second-order valence-electron chi connectivity index (χ2n) is 6.08. The van der Waals surface area contributed by atoms with Crippen LogP contribution >= 0.6 is 0 Å². The van der Waals surface area contributed by atoms with Crippen LogP contribution < -0.4 is 4.74 Å². The molecule has 0 bridgehead atoms. The number of hydrogen-bond acceptors (Lipinski definition) is 3. The highest BCUT2D eigenvalue weighted by molar-refractivity contribution is 5.81. The van der Waals surface area contributed by atoms with Crippen molar-refractivity contribution in [3.8, 4) is 11.8 Å². The first-order valence-corrected chi connectivity index (χ1v) is 8.67. The van der Waals surface area contributed by atoms with E-state index in [2.05, 4.69) is 6.07 Å². The minimum atomic E-state index is -0.496. The molecule has 0 radical (unpaired) electrons. The second kappa shape index (κ2) is 9.89. The SMILES string of the molecule is N#CC(CCCCOc1ccccc1)C(=O)N1CCCCCC1. The van der Waals surface area contributed by atoms with Gasteiger partial charge in [-0.2, -0.15) is 5.26 Å². The summed E-state index contributed by atoms with van der Waals surface area (Å²) in [5.74, 6) is 0.396. The van der Waals surface area contributed by atoms with Crippen LogP contribution in [0.4, 0.5) is 0 Å². The number of carbonyl (C=O) groups excluding carboxylic acids is 1. The number of nitriles is 1. The topological polar surface area (TPSA) is 53.3 Å². The van der Waals surface area contributed by atoms with Crippen molar-refractivity contribution in [2.45, 2.75) is 44.9 Å². The highest BCUT2D eigenvalue weighted by Crippen LogP contribution is 2.17. The molecule has 1 fully saturated rings. The number of benzene rings is 1. The van der Waals surface area contributed by atoms with Gasteiger partial charge < -0.3 is 9.64 Å². The Bertz CT molecular complexity index is 502. The van der Waals surface area contributed by atoms with Gasteiger partial charge in [0.05, 0.1) is 12.7 Å². The molecule has 0 N–H and O–H groups in total. The Kier molecular flexibility index (Phi) is 7.45. The van der Waals surface area contributed by atoms with Crippen molar-refractivity contribution < 1.29 is 9.53 Å². The smallest absolute Gasteiger partial charge is 0.239 e. The van der Waals surface area contributed by atoms with Gasteiger partial charge in [-0.1, -0.05) is 31.0 Å². The molecule has 0 aliphatic carbocycles. The number of carbonyl (C=O) groups is 1. The van der Waals surface area contributed by atoms with Crippen LogP contribution in [0.5, 0.6) is 5.75 Å². The molecule has 1 aliphatic rings. The molecule has 23 heavy (non-hydrogen) atoms. The van der Waals surface area contributed by atoms with Gasteiger partial charge in [-0.05, 0) is 44.2 Å². The number of amides is 1. The molecule has 4 nitrogen and oxygen atoms in total. The third-order valence-corrected chi connectivity index (χ3v) is 4.27. The number of unbranched alkanes of at least 4 members (excludes halogenated alkanes) is 1. The molecular formula is C19H26N2O2. The Morgan fingerprint density at radius 3 is 2.48 bits per heavy atom. The van der Waals surface area contributed by atoms with Gasteiger partial charge in [0.1, 0.15) is 11.7 Å². The third-order valence-electron chi connectivity index (χ3n) is 4.27. The van der Waals surface area contributed by atoms with E-state index in [0.717, 1.165) is 44.5 Å². The maximum Gasteiger partial charge on any atom is 0.239 e. The highest BCUT2D eigenvalue weighted by Gasteiger charge is 2.24. The standard InChI is InChI=1S/C19H26N2O2/c20-16-17(19(22)21-13-7-1-2-8-14-21)10-6-9-15-23-18-11-4-3-5-12-18/h3-5,11-12,17H,1-2,6-10,13-15H2. The molecule has 1 aromatic rings. The zero-order chi connectivity index (χ0) is 16.3. The first-order valence-electron chi connectivity index (χ1n) is 8.67. The molecule has 1 heterocycles. The van der Waals surface area contributed by atoms with Crippen LogP contribution in [-0.2, 0) is 4.79 Å². The summed E-state index contributed by atoms with van der Waals surface area (Å²) < 4.78 is 5.64. The zero-order valence-corrected chi connectivity index (χ0v) is 13.7. The van der Waals surface area contributed by atoms with Gasteiger partial charge in [0.25, 0.3) is 0 Å². The van der Waals surface area contributed by atoms with Crippen LogP contribution in [0, 0.1) is 17.2 Å². The fourth-order valence-electron chi connectivity index (χ4n) is 2.91. The Morgan fingerprint density at radius 2 is 1.83 bits per heavy atom. The minimum absolute atomic E-state index is 0.0263. The van der Waals surface area contributed by atoms with Gasteiger partial charge in [0.2, 0.25) is 5.91 Å². The average Bonchev–Trinajstić information content (AvgIpc) is 2.88. The summed E-state index contributed by atoms with van der Waals surface area (Å²) in [5, 5.41) is 9.30. The Hall–Kier alpha value is -2.02. The fourth-order valence-corrected chi connectivity index (χ4v) is 2.91. The highest BCUT2D eigenvalue weighted by atomic mass is 16.5. The summed E-state index contributed by atoms with van der Waals surface area (Å²) in [6.07, 6.45) is 6.84. The lowest BCUT2D eigenvalue weighted by Crippen LogP contribution is -2.36. The van der Waals surface area contributed by atoms with Crippen molar-refractivity contribution >= 4 is 5.91 Å². The summed E-state index contributed by atoms with van der Waals surface area (Å²) in [5.41, 5.74) is 0. The van der Waals surface area contributed by atoms with Crippen molar-refractivity contribution in [2.75, 3.05) is 19.7 Å². The summed E-state index contributed by atoms with van der Waals surface area (Å²) in [7, 11) is 0. The molecular weight excluding hydrogens is 288 g/mol. The minimum Gasteiger partial charge on any atom is -0.494 e. The molecule has 1 unspecified atom stereocenters. The molecule has 1 aromatic carbocycles. The van der Waals surface area contributed by atoms with Crippen LogP contribution in [0.1, 0.15) is 44.9 Å². The lowest BCUT2D eigenvalue weighted by atomic mass is 10.0. The maximum absolute atomic E-state index is 12.4. The normalized spacial score (nSPS) is 16.2. The van der Waals surface area contributed by atoms with E-state index in [-0.39, 0.29) is 5.91 Å². The van der Waals surface area contributed by atoms with E-state index in [4.69, 9.17) is 4.74 Å². The summed E-state index contributed by atoms with van der Waals surface area (Å²) in [6, 6.07) is 11.9. The van der Waals surface area contributed by atoms with Crippen molar-refractivity contribution in [1.29, 1.82) is 5.26 Å². The second-order valence-corrected chi connectivity index (χ2v) is 6.08. The van der Waals surface area contributed by atoms with E-state index >= 15 is 0 Å². The summed E-state index contributed by atoms with van der Waals surface area (Å²) in [6.45, 7) is 2.25. The first kappa shape index (κ1) is 17.3. The van der Waals surface area contributed by atoms with Gasteiger partial charge in [0, 0.05) is 13.1 Å². The molecule has 0 aromatic heterocycles. The maximum atomic E-state index is 12.4. The van der Waals surface area contributed by atoms with E-state index in [0.29, 0.717) is 13.0 Å². The number of likely N-dealkylation sites (tertiary alicyclic amines) is 1. The molecule has 0 saturated carbocycles. The number of rotatable bonds is 7. The predicted molar refractivity (Wildman–Crippen MR) is 89.9 cm³/mol. The van der Waals surface area contributed by atoms with E-state index in [9.17, 15) is 10.1 Å². The molecule has 1 amide bonds. The largest absolute Gasteiger partial charge is 0.494 e. The van der Waals surface area contributed by atoms with Crippen molar-refractivity contribution in [2.24, 2.45) is 5.92 Å². The van der Waals surface area contributed by atoms with E-state index in [1.807, 2.05) is 35.2 Å². The summed E-state index contributed by atoms with van der Waals surface area (Å²) >= 11 is 0. The Morgan fingerprint density at radius 1 is 1.13 bits per heavy atom. The van der Waals surface area contributed by atoms with Gasteiger partial charge in [-0.25, -0.2) is 0 Å². The van der Waals surface area contributed by atoms with Crippen LogP contribution in [0.25, 0.3) is 0 Å². The Labute approximate surface area is 139 Å². The van der Waals surface area contributed by atoms with Gasteiger partial charge in [-0.3, -0.25) is 4.79 Å². The van der Waals surface area contributed by atoms with Crippen molar-refractivity contribution in [3.63, 3.8) is 0 Å². The summed E-state index contributed by atoms with van der Waals surface area (Å²) in [4.78, 5) is 14.3. The molecule has 1 atom stereocenters. The first-order chi connectivity index (χ1) is 11.3. The fraction of sp³-hybridized carbons (Fsp3) is 0.579. The molecule has 4 heteroatoms. The third kappa shape index (κ3) is 5.94. The van der Waals surface area contributed by atoms with Crippen molar-refractivity contribution in [1.82, 2.24) is 4.90 Å². The monoisotopic (exact) mass is 314 g/mol.